The molecule has 0 atom stereocenters. The molecule has 0 fully saturated rings. The van der Waals surface area contributed by atoms with Gasteiger partial charge in [-0.3, -0.25) is 4.79 Å². The zero-order valence-electron chi connectivity index (χ0n) is 10.7. The van der Waals surface area contributed by atoms with Gasteiger partial charge in [0, 0.05) is 25.2 Å². The number of amides is 1. The van der Waals surface area contributed by atoms with Gasteiger partial charge in [-0.05, 0) is 26.2 Å². The summed E-state index contributed by atoms with van der Waals surface area (Å²) in [5, 5.41) is 2.97. The van der Waals surface area contributed by atoms with Crippen molar-refractivity contribution in [2.45, 2.75) is 6.54 Å². The minimum Gasteiger partial charge on any atom is -0.310 e. The van der Waals surface area contributed by atoms with Crippen LogP contribution in [0.5, 0.6) is 0 Å². The van der Waals surface area contributed by atoms with Crippen LogP contribution in [0.3, 0.4) is 0 Å². The van der Waals surface area contributed by atoms with Crippen LogP contribution in [0, 0.1) is 5.82 Å². The van der Waals surface area contributed by atoms with Gasteiger partial charge in [-0.1, -0.05) is 6.07 Å². The average Bonchev–Trinajstić information content (AvgIpc) is 2.47. The summed E-state index contributed by atoms with van der Waals surface area (Å²) in [5.74, 6) is -0.272. The molecule has 1 aliphatic rings. The van der Waals surface area contributed by atoms with E-state index in [1.807, 2.05) is 19.0 Å². The van der Waals surface area contributed by atoms with Gasteiger partial charge in [-0.15, -0.1) is 0 Å². The van der Waals surface area contributed by atoms with E-state index in [-0.39, 0.29) is 18.3 Å². The highest BCUT2D eigenvalue weighted by molar-refractivity contribution is 5.96. The lowest BCUT2D eigenvalue weighted by atomic mass is 10.1. The van der Waals surface area contributed by atoms with Crippen LogP contribution in [0.4, 0.5) is 10.1 Å². The molecule has 1 aromatic carbocycles. The molecule has 0 saturated heterocycles. The summed E-state index contributed by atoms with van der Waals surface area (Å²) in [6.45, 7) is 1.97. The molecule has 1 N–H and O–H groups in total. The summed E-state index contributed by atoms with van der Waals surface area (Å²) < 4.78 is 13.8. The number of anilines is 1. The molecule has 4 nitrogen and oxygen atoms in total. The highest BCUT2D eigenvalue weighted by Gasteiger charge is 2.23. The Hall–Kier alpha value is -1.46. The molecule has 98 valence electrons. The molecular formula is C13H18FN3O. The van der Waals surface area contributed by atoms with Crippen LogP contribution < -0.4 is 10.2 Å². The van der Waals surface area contributed by atoms with Gasteiger partial charge in [0.1, 0.15) is 5.82 Å². The Morgan fingerprint density at radius 2 is 2.17 bits per heavy atom. The van der Waals surface area contributed by atoms with Crippen molar-refractivity contribution < 1.29 is 9.18 Å². The van der Waals surface area contributed by atoms with Crippen LogP contribution in [0.2, 0.25) is 0 Å². The normalized spacial score (nSPS) is 15.8. The van der Waals surface area contributed by atoms with Crippen LogP contribution in [0.25, 0.3) is 0 Å². The maximum absolute atomic E-state index is 13.8. The van der Waals surface area contributed by atoms with E-state index in [1.165, 1.54) is 6.07 Å². The Balaban J connectivity index is 2.32. The number of nitrogens with zero attached hydrogens (tertiary/aromatic N) is 2. The molecule has 0 aromatic heterocycles. The van der Waals surface area contributed by atoms with Crippen molar-refractivity contribution in [3.63, 3.8) is 0 Å². The third-order valence-corrected chi connectivity index (χ3v) is 3.03. The monoisotopic (exact) mass is 251 g/mol. The fourth-order valence-corrected chi connectivity index (χ4v) is 2.04. The third kappa shape index (κ3) is 2.68. The number of halogens is 1. The Morgan fingerprint density at radius 3 is 2.89 bits per heavy atom. The second-order valence-corrected chi connectivity index (χ2v) is 4.69. The standard InChI is InChI=1S/C13H18FN3O/c1-16(2)6-7-17-12-5-3-4-11(14)10(12)8-15-9-13(17)18/h3-5,15H,6-9H2,1-2H3. The average molecular weight is 251 g/mol. The summed E-state index contributed by atoms with van der Waals surface area (Å²) in [6.07, 6.45) is 0. The molecule has 1 heterocycles. The van der Waals surface area contributed by atoms with Crippen molar-refractivity contribution in [2.24, 2.45) is 0 Å². The first kappa shape index (κ1) is 13.0. The summed E-state index contributed by atoms with van der Waals surface area (Å²) in [4.78, 5) is 15.7. The predicted octanol–water partition coefficient (Wildman–Crippen LogP) is 0.824. The maximum atomic E-state index is 13.8. The minimum atomic E-state index is -0.260. The Labute approximate surface area is 106 Å². The van der Waals surface area contributed by atoms with Crippen molar-refractivity contribution in [3.8, 4) is 0 Å². The highest BCUT2D eigenvalue weighted by Crippen LogP contribution is 2.25. The third-order valence-electron chi connectivity index (χ3n) is 3.03. The van der Waals surface area contributed by atoms with E-state index in [0.717, 1.165) is 6.54 Å². The van der Waals surface area contributed by atoms with Gasteiger partial charge in [-0.2, -0.15) is 0 Å². The molecule has 1 aliphatic heterocycles. The molecular weight excluding hydrogens is 233 g/mol. The lowest BCUT2D eigenvalue weighted by Crippen LogP contribution is -2.39. The Kier molecular flexibility index (Phi) is 3.93. The first-order valence-corrected chi connectivity index (χ1v) is 6.03. The number of carbonyl (C=O) groups is 1. The van der Waals surface area contributed by atoms with E-state index in [4.69, 9.17) is 0 Å². The number of hydrogen-bond donors (Lipinski definition) is 1. The van der Waals surface area contributed by atoms with Crippen molar-refractivity contribution in [1.29, 1.82) is 0 Å². The lowest BCUT2D eigenvalue weighted by Gasteiger charge is -2.24. The van der Waals surface area contributed by atoms with E-state index < -0.39 is 0 Å². The Morgan fingerprint density at radius 1 is 1.39 bits per heavy atom. The second-order valence-electron chi connectivity index (χ2n) is 4.69. The quantitative estimate of drug-likeness (QED) is 0.864. The summed E-state index contributed by atoms with van der Waals surface area (Å²) >= 11 is 0. The van der Waals surface area contributed by atoms with Gasteiger partial charge in [0.2, 0.25) is 5.91 Å². The minimum absolute atomic E-state index is 0.0128. The highest BCUT2D eigenvalue weighted by atomic mass is 19.1. The largest absolute Gasteiger partial charge is 0.310 e. The maximum Gasteiger partial charge on any atom is 0.241 e. The fourth-order valence-electron chi connectivity index (χ4n) is 2.04. The van der Waals surface area contributed by atoms with Gasteiger partial charge in [-0.25, -0.2) is 4.39 Å². The summed E-state index contributed by atoms with van der Waals surface area (Å²) in [5.41, 5.74) is 1.26. The lowest BCUT2D eigenvalue weighted by molar-refractivity contribution is -0.117. The molecule has 0 aliphatic carbocycles. The zero-order valence-corrected chi connectivity index (χ0v) is 10.7. The first-order chi connectivity index (χ1) is 8.59. The van der Waals surface area contributed by atoms with Gasteiger partial charge in [0.15, 0.2) is 0 Å². The Bertz CT molecular complexity index is 448. The number of hydrogen-bond acceptors (Lipinski definition) is 3. The molecule has 0 radical (unpaired) electrons. The number of benzene rings is 1. The molecule has 0 bridgehead atoms. The number of likely N-dealkylation sites (N-methyl/N-ethyl adjacent to an activating group) is 1. The van der Waals surface area contributed by atoms with Crippen molar-refractivity contribution in [2.75, 3.05) is 38.6 Å². The van der Waals surface area contributed by atoms with Crippen molar-refractivity contribution in [1.82, 2.24) is 10.2 Å². The van der Waals surface area contributed by atoms with Gasteiger partial charge in [0.25, 0.3) is 0 Å². The van der Waals surface area contributed by atoms with Crippen LogP contribution >= 0.6 is 0 Å². The van der Waals surface area contributed by atoms with E-state index in [2.05, 4.69) is 5.32 Å². The molecule has 0 saturated carbocycles. The van der Waals surface area contributed by atoms with Gasteiger partial charge in [0.05, 0.1) is 12.2 Å². The van der Waals surface area contributed by atoms with Gasteiger partial charge >= 0.3 is 0 Å². The summed E-state index contributed by atoms with van der Waals surface area (Å²) in [7, 11) is 3.90. The molecule has 5 heteroatoms. The molecule has 0 spiro atoms. The summed E-state index contributed by atoms with van der Waals surface area (Å²) in [6, 6.07) is 4.88. The van der Waals surface area contributed by atoms with Crippen molar-refractivity contribution >= 4 is 11.6 Å². The number of nitrogens with one attached hydrogen (secondary N) is 1. The van der Waals surface area contributed by atoms with Crippen LogP contribution in [-0.2, 0) is 11.3 Å². The zero-order chi connectivity index (χ0) is 13.1. The topological polar surface area (TPSA) is 35.6 Å². The van der Waals surface area contributed by atoms with Crippen LogP contribution in [-0.4, -0.2) is 44.5 Å². The second kappa shape index (κ2) is 5.46. The SMILES string of the molecule is CN(C)CCN1C(=O)CNCc2c(F)cccc21. The number of rotatable bonds is 3. The van der Waals surface area contributed by atoms with E-state index in [1.54, 1.807) is 17.0 Å². The van der Waals surface area contributed by atoms with E-state index >= 15 is 0 Å². The number of carbonyl (C=O) groups excluding carboxylic acids is 1. The molecule has 2 rings (SSSR count). The van der Waals surface area contributed by atoms with Crippen LogP contribution in [0.1, 0.15) is 5.56 Å². The molecule has 1 aromatic rings. The predicted molar refractivity (Wildman–Crippen MR) is 69.0 cm³/mol. The van der Waals surface area contributed by atoms with E-state index in [9.17, 15) is 9.18 Å². The molecule has 1 amide bonds. The first-order valence-electron chi connectivity index (χ1n) is 6.03. The molecule has 18 heavy (non-hydrogen) atoms. The van der Waals surface area contributed by atoms with E-state index in [0.29, 0.717) is 24.3 Å². The van der Waals surface area contributed by atoms with Gasteiger partial charge < -0.3 is 15.1 Å². The number of fused-ring (bicyclic) bond motifs is 1. The van der Waals surface area contributed by atoms with Crippen LogP contribution in [0.15, 0.2) is 18.2 Å². The fraction of sp³-hybridized carbons (Fsp3) is 0.462. The van der Waals surface area contributed by atoms with Crippen molar-refractivity contribution in [3.05, 3.63) is 29.6 Å². The smallest absolute Gasteiger partial charge is 0.241 e. The molecule has 0 unspecified atom stereocenters.